The molecule has 24 heavy (non-hydrogen) atoms. The summed E-state index contributed by atoms with van der Waals surface area (Å²) in [5.74, 6) is 0.825. The van der Waals surface area contributed by atoms with Crippen LogP contribution in [0.1, 0.15) is 17.5 Å². The fourth-order valence-corrected chi connectivity index (χ4v) is 2.57. The van der Waals surface area contributed by atoms with Crippen LogP contribution in [0.5, 0.6) is 5.75 Å². The second-order valence-corrected chi connectivity index (χ2v) is 5.80. The van der Waals surface area contributed by atoms with Crippen LogP contribution in [0.2, 0.25) is 0 Å². The molecular formula is C19H21N3O2. The van der Waals surface area contributed by atoms with Gasteiger partial charge in [-0.1, -0.05) is 29.8 Å². The Morgan fingerprint density at radius 2 is 2.00 bits per heavy atom. The van der Waals surface area contributed by atoms with Gasteiger partial charge in [0.25, 0.3) is 0 Å². The number of rotatable bonds is 6. The van der Waals surface area contributed by atoms with Crippen molar-refractivity contribution in [1.82, 2.24) is 15.1 Å². The third-order valence-corrected chi connectivity index (χ3v) is 4.01. The molecule has 0 spiro atoms. The summed E-state index contributed by atoms with van der Waals surface area (Å²) in [5, 5.41) is 8.31. The lowest BCUT2D eigenvalue weighted by Crippen LogP contribution is -2.24. The van der Waals surface area contributed by atoms with E-state index >= 15 is 0 Å². The summed E-state index contributed by atoms with van der Waals surface area (Å²) >= 11 is 0. The van der Waals surface area contributed by atoms with Gasteiger partial charge in [-0.2, -0.15) is 5.10 Å². The minimum absolute atomic E-state index is 0.0211. The largest absolute Gasteiger partial charge is 0.497 e. The molecule has 3 aromatic rings. The normalized spacial score (nSPS) is 10.8. The van der Waals surface area contributed by atoms with Crippen LogP contribution in [0.25, 0.3) is 10.9 Å². The van der Waals surface area contributed by atoms with Crippen LogP contribution in [0, 0.1) is 6.92 Å². The molecule has 0 unspecified atom stereocenters. The molecule has 0 aliphatic heterocycles. The zero-order valence-electron chi connectivity index (χ0n) is 14.0. The standard InChI is InChI=1S/C19H21N3O2/c1-14-3-5-15(6-4-14)12-20-19(23)9-10-22-18-8-7-17(24-2)11-16(18)13-21-22/h3-8,11,13H,9-10,12H2,1-2H3,(H,20,23). The average Bonchev–Trinajstić information content (AvgIpc) is 3.01. The Morgan fingerprint density at radius 1 is 1.21 bits per heavy atom. The van der Waals surface area contributed by atoms with Gasteiger partial charge in [0, 0.05) is 18.4 Å². The Bertz CT molecular complexity index is 837. The number of amides is 1. The molecule has 0 bridgehead atoms. The van der Waals surface area contributed by atoms with Gasteiger partial charge in [0.05, 0.1) is 25.4 Å². The first-order valence-electron chi connectivity index (χ1n) is 7.97. The van der Waals surface area contributed by atoms with Crippen molar-refractivity contribution >= 4 is 16.8 Å². The van der Waals surface area contributed by atoms with E-state index in [1.807, 2.05) is 54.1 Å². The third kappa shape index (κ3) is 3.74. The quantitative estimate of drug-likeness (QED) is 0.758. The summed E-state index contributed by atoms with van der Waals surface area (Å²) in [4.78, 5) is 12.0. The van der Waals surface area contributed by atoms with Gasteiger partial charge in [-0.15, -0.1) is 0 Å². The van der Waals surface area contributed by atoms with Gasteiger partial charge in [0.15, 0.2) is 0 Å². The highest BCUT2D eigenvalue weighted by atomic mass is 16.5. The van der Waals surface area contributed by atoms with Crippen LogP contribution in [0.3, 0.4) is 0 Å². The van der Waals surface area contributed by atoms with Crippen LogP contribution in [-0.2, 0) is 17.9 Å². The Hall–Kier alpha value is -2.82. The number of nitrogens with zero attached hydrogens (tertiary/aromatic N) is 2. The zero-order valence-corrected chi connectivity index (χ0v) is 14.0. The van der Waals surface area contributed by atoms with E-state index in [1.54, 1.807) is 13.3 Å². The number of fused-ring (bicyclic) bond motifs is 1. The van der Waals surface area contributed by atoms with E-state index in [9.17, 15) is 4.79 Å². The summed E-state index contributed by atoms with van der Waals surface area (Å²) in [6.45, 7) is 3.15. The fraction of sp³-hybridized carbons (Fsp3) is 0.263. The van der Waals surface area contributed by atoms with Crippen LogP contribution >= 0.6 is 0 Å². The number of ether oxygens (including phenoxy) is 1. The number of carbonyl (C=O) groups excluding carboxylic acids is 1. The van der Waals surface area contributed by atoms with Gasteiger partial charge in [-0.3, -0.25) is 9.48 Å². The van der Waals surface area contributed by atoms with Gasteiger partial charge < -0.3 is 10.1 Å². The molecular weight excluding hydrogens is 302 g/mol. The molecule has 5 nitrogen and oxygen atoms in total. The molecule has 0 fully saturated rings. The molecule has 0 radical (unpaired) electrons. The molecule has 2 aromatic carbocycles. The number of hydrogen-bond donors (Lipinski definition) is 1. The van der Waals surface area contributed by atoms with Crippen LogP contribution in [0.4, 0.5) is 0 Å². The first-order valence-corrected chi connectivity index (χ1v) is 7.97. The first kappa shape index (κ1) is 16.1. The predicted octanol–water partition coefficient (Wildman–Crippen LogP) is 3.06. The smallest absolute Gasteiger partial charge is 0.222 e. The highest BCUT2D eigenvalue weighted by molar-refractivity contribution is 5.80. The van der Waals surface area contributed by atoms with E-state index in [1.165, 1.54) is 5.56 Å². The molecule has 1 amide bonds. The SMILES string of the molecule is COc1ccc2c(cnn2CCC(=O)NCc2ccc(C)cc2)c1. The van der Waals surface area contributed by atoms with Crippen molar-refractivity contribution in [3.63, 3.8) is 0 Å². The molecule has 0 saturated heterocycles. The maximum atomic E-state index is 12.0. The van der Waals surface area contributed by atoms with E-state index in [-0.39, 0.29) is 5.91 Å². The second-order valence-electron chi connectivity index (χ2n) is 5.80. The molecule has 1 N–H and O–H groups in total. The van der Waals surface area contributed by atoms with E-state index < -0.39 is 0 Å². The zero-order chi connectivity index (χ0) is 16.9. The summed E-state index contributed by atoms with van der Waals surface area (Å²) in [7, 11) is 1.64. The van der Waals surface area contributed by atoms with Crippen LogP contribution < -0.4 is 10.1 Å². The van der Waals surface area contributed by atoms with Gasteiger partial charge in [-0.25, -0.2) is 0 Å². The van der Waals surface area contributed by atoms with Crippen molar-refractivity contribution in [2.45, 2.75) is 26.4 Å². The van der Waals surface area contributed by atoms with Crippen LogP contribution in [0.15, 0.2) is 48.7 Å². The number of hydrogen-bond acceptors (Lipinski definition) is 3. The van der Waals surface area contributed by atoms with Gasteiger partial charge >= 0.3 is 0 Å². The average molecular weight is 323 g/mol. The Labute approximate surface area is 141 Å². The number of aryl methyl sites for hydroxylation is 2. The lowest BCUT2D eigenvalue weighted by Gasteiger charge is -2.07. The number of aromatic nitrogens is 2. The maximum Gasteiger partial charge on any atom is 0.222 e. The van der Waals surface area contributed by atoms with Crippen molar-refractivity contribution in [2.75, 3.05) is 7.11 Å². The number of nitrogens with one attached hydrogen (secondary N) is 1. The minimum Gasteiger partial charge on any atom is -0.497 e. The van der Waals surface area contributed by atoms with Crippen molar-refractivity contribution in [3.8, 4) is 5.75 Å². The van der Waals surface area contributed by atoms with E-state index in [2.05, 4.69) is 10.4 Å². The topological polar surface area (TPSA) is 56.2 Å². The fourth-order valence-electron chi connectivity index (χ4n) is 2.57. The molecule has 5 heteroatoms. The summed E-state index contributed by atoms with van der Waals surface area (Å²) < 4.78 is 7.06. The minimum atomic E-state index is 0.0211. The van der Waals surface area contributed by atoms with Crippen LogP contribution in [-0.4, -0.2) is 22.8 Å². The molecule has 1 aromatic heterocycles. The first-order chi connectivity index (χ1) is 11.7. The summed E-state index contributed by atoms with van der Waals surface area (Å²) in [6, 6.07) is 14.0. The summed E-state index contributed by atoms with van der Waals surface area (Å²) in [5.41, 5.74) is 3.32. The van der Waals surface area contributed by atoms with Crippen molar-refractivity contribution < 1.29 is 9.53 Å². The molecule has 0 saturated carbocycles. The van der Waals surface area contributed by atoms with Crippen molar-refractivity contribution in [3.05, 3.63) is 59.8 Å². The maximum absolute atomic E-state index is 12.0. The third-order valence-electron chi connectivity index (χ3n) is 4.01. The lowest BCUT2D eigenvalue weighted by atomic mass is 10.1. The highest BCUT2D eigenvalue weighted by Crippen LogP contribution is 2.20. The Balaban J connectivity index is 1.55. The second kappa shape index (κ2) is 7.17. The Morgan fingerprint density at radius 3 is 2.75 bits per heavy atom. The molecule has 0 atom stereocenters. The number of methoxy groups -OCH3 is 1. The van der Waals surface area contributed by atoms with Crippen molar-refractivity contribution in [2.24, 2.45) is 0 Å². The molecule has 124 valence electrons. The highest BCUT2D eigenvalue weighted by Gasteiger charge is 2.07. The number of carbonyl (C=O) groups is 1. The monoisotopic (exact) mass is 323 g/mol. The summed E-state index contributed by atoms with van der Waals surface area (Å²) in [6.07, 6.45) is 2.19. The predicted molar refractivity (Wildman–Crippen MR) is 93.9 cm³/mol. The molecule has 1 heterocycles. The van der Waals surface area contributed by atoms with E-state index in [0.717, 1.165) is 22.2 Å². The molecule has 0 aliphatic rings. The van der Waals surface area contributed by atoms with Crippen molar-refractivity contribution in [1.29, 1.82) is 0 Å². The van der Waals surface area contributed by atoms with Gasteiger partial charge in [-0.05, 0) is 30.7 Å². The van der Waals surface area contributed by atoms with Gasteiger partial charge in [0.1, 0.15) is 5.75 Å². The lowest BCUT2D eigenvalue weighted by molar-refractivity contribution is -0.121. The number of benzene rings is 2. The van der Waals surface area contributed by atoms with E-state index in [0.29, 0.717) is 19.5 Å². The molecule has 3 rings (SSSR count). The Kier molecular flexibility index (Phi) is 4.79. The van der Waals surface area contributed by atoms with E-state index in [4.69, 9.17) is 4.74 Å². The van der Waals surface area contributed by atoms with Gasteiger partial charge in [0.2, 0.25) is 5.91 Å². The molecule has 0 aliphatic carbocycles.